The van der Waals surface area contributed by atoms with Crippen molar-refractivity contribution in [2.24, 2.45) is 0 Å². The van der Waals surface area contributed by atoms with Gasteiger partial charge in [-0.2, -0.15) is 0 Å². The molecule has 0 saturated carbocycles. The fourth-order valence-corrected chi connectivity index (χ4v) is 1.89. The van der Waals surface area contributed by atoms with Gasteiger partial charge in [-0.15, -0.1) is 12.4 Å². The van der Waals surface area contributed by atoms with E-state index < -0.39 is 18.1 Å². The second-order valence-electron chi connectivity index (χ2n) is 4.91. The van der Waals surface area contributed by atoms with Crippen LogP contribution in [0.5, 0.6) is 0 Å². The van der Waals surface area contributed by atoms with E-state index in [1.807, 2.05) is 6.92 Å². The van der Waals surface area contributed by atoms with E-state index in [1.54, 1.807) is 19.1 Å². The third-order valence-electron chi connectivity index (χ3n) is 3.10. The molecule has 0 bridgehead atoms. The first-order chi connectivity index (χ1) is 9.93. The lowest BCUT2D eigenvalue weighted by molar-refractivity contribution is -0.140. The number of carboxylic acid groups (broad SMARTS) is 1. The summed E-state index contributed by atoms with van der Waals surface area (Å²) in [5, 5.41) is 14.5. The number of carboxylic acids is 1. The van der Waals surface area contributed by atoms with Crippen molar-refractivity contribution >= 4 is 24.3 Å². The van der Waals surface area contributed by atoms with E-state index in [2.05, 4.69) is 10.6 Å². The molecule has 0 radical (unpaired) electrons. The SMILES string of the molecule is CCCC(NC(C)C(=O)NCc1ccc(F)cc1)C(=O)O.Cl. The van der Waals surface area contributed by atoms with Crippen molar-refractivity contribution in [2.45, 2.75) is 45.3 Å². The molecular weight excluding hydrogens is 311 g/mol. The molecule has 22 heavy (non-hydrogen) atoms. The maximum Gasteiger partial charge on any atom is 0.320 e. The van der Waals surface area contributed by atoms with Crippen molar-refractivity contribution in [1.82, 2.24) is 10.6 Å². The first-order valence-corrected chi connectivity index (χ1v) is 6.95. The van der Waals surface area contributed by atoms with Crippen molar-refractivity contribution < 1.29 is 19.1 Å². The van der Waals surface area contributed by atoms with Crippen LogP contribution in [0.2, 0.25) is 0 Å². The normalized spacial score (nSPS) is 12.9. The summed E-state index contributed by atoms with van der Waals surface area (Å²) in [5.41, 5.74) is 0.778. The maximum atomic E-state index is 12.8. The molecule has 0 spiro atoms. The molecule has 2 atom stereocenters. The molecule has 7 heteroatoms. The Morgan fingerprint density at radius 3 is 2.36 bits per heavy atom. The second kappa shape index (κ2) is 10.1. The van der Waals surface area contributed by atoms with E-state index in [9.17, 15) is 14.0 Å². The van der Waals surface area contributed by atoms with Gasteiger partial charge in [-0.25, -0.2) is 4.39 Å². The Morgan fingerprint density at radius 2 is 1.86 bits per heavy atom. The zero-order valence-corrected chi connectivity index (χ0v) is 13.5. The van der Waals surface area contributed by atoms with Crippen molar-refractivity contribution in [1.29, 1.82) is 0 Å². The molecule has 0 heterocycles. The standard InChI is InChI=1S/C15H21FN2O3.ClH/c1-3-4-13(15(20)21)18-10(2)14(19)17-9-11-5-7-12(16)8-6-11;/h5-8,10,13,18H,3-4,9H2,1-2H3,(H,17,19)(H,20,21);1H. The number of carbonyl (C=O) groups excluding carboxylic acids is 1. The fourth-order valence-electron chi connectivity index (χ4n) is 1.89. The highest BCUT2D eigenvalue weighted by Crippen LogP contribution is 2.03. The van der Waals surface area contributed by atoms with Gasteiger partial charge in [0.2, 0.25) is 5.91 Å². The van der Waals surface area contributed by atoms with E-state index in [0.29, 0.717) is 12.8 Å². The molecule has 0 fully saturated rings. The van der Waals surface area contributed by atoms with Crippen molar-refractivity contribution in [3.63, 3.8) is 0 Å². The molecule has 0 aliphatic heterocycles. The predicted molar refractivity (Wildman–Crippen MR) is 84.4 cm³/mol. The summed E-state index contributed by atoms with van der Waals surface area (Å²) in [6, 6.07) is 4.48. The smallest absolute Gasteiger partial charge is 0.320 e. The molecule has 3 N–H and O–H groups in total. The summed E-state index contributed by atoms with van der Waals surface area (Å²) >= 11 is 0. The Labute approximate surface area is 135 Å². The topological polar surface area (TPSA) is 78.4 Å². The lowest BCUT2D eigenvalue weighted by atomic mass is 10.1. The summed E-state index contributed by atoms with van der Waals surface area (Å²) in [5.74, 6) is -1.58. The van der Waals surface area contributed by atoms with Crippen LogP contribution < -0.4 is 10.6 Å². The van der Waals surface area contributed by atoms with E-state index in [1.165, 1.54) is 12.1 Å². The van der Waals surface area contributed by atoms with Gasteiger partial charge in [0.05, 0.1) is 6.04 Å². The highest BCUT2D eigenvalue weighted by atomic mass is 35.5. The van der Waals surface area contributed by atoms with Crippen LogP contribution in [0.25, 0.3) is 0 Å². The van der Waals surface area contributed by atoms with Crippen LogP contribution in [0.3, 0.4) is 0 Å². The highest BCUT2D eigenvalue weighted by Gasteiger charge is 2.21. The molecule has 124 valence electrons. The molecule has 1 aromatic carbocycles. The zero-order chi connectivity index (χ0) is 15.8. The largest absolute Gasteiger partial charge is 0.480 e. The lowest BCUT2D eigenvalue weighted by Crippen LogP contribution is -2.49. The molecule has 2 unspecified atom stereocenters. The predicted octanol–water partition coefficient (Wildman–Crippen LogP) is 2.10. The molecular formula is C15H22ClFN2O3. The molecule has 0 aromatic heterocycles. The summed E-state index contributed by atoms with van der Waals surface area (Å²) < 4.78 is 12.8. The number of nitrogens with one attached hydrogen (secondary N) is 2. The first kappa shape index (κ1) is 20.3. The highest BCUT2D eigenvalue weighted by molar-refractivity contribution is 5.85. The van der Waals surface area contributed by atoms with Gasteiger partial charge < -0.3 is 10.4 Å². The van der Waals surface area contributed by atoms with Crippen molar-refractivity contribution in [2.75, 3.05) is 0 Å². The number of rotatable bonds is 8. The van der Waals surface area contributed by atoms with Crippen molar-refractivity contribution in [3.05, 3.63) is 35.6 Å². The number of hydrogen-bond donors (Lipinski definition) is 3. The lowest BCUT2D eigenvalue weighted by Gasteiger charge is -2.19. The Kier molecular flexibility index (Phi) is 9.37. The van der Waals surface area contributed by atoms with E-state index >= 15 is 0 Å². The fraction of sp³-hybridized carbons (Fsp3) is 0.467. The van der Waals surface area contributed by atoms with E-state index in [-0.39, 0.29) is 30.7 Å². The van der Waals surface area contributed by atoms with E-state index in [4.69, 9.17) is 5.11 Å². The molecule has 1 aromatic rings. The van der Waals surface area contributed by atoms with Gasteiger partial charge in [-0.3, -0.25) is 14.9 Å². The van der Waals surface area contributed by atoms with Gasteiger partial charge in [0.1, 0.15) is 11.9 Å². The third-order valence-corrected chi connectivity index (χ3v) is 3.10. The Hall–Kier alpha value is -1.66. The second-order valence-corrected chi connectivity index (χ2v) is 4.91. The quantitative estimate of drug-likeness (QED) is 0.681. The number of aliphatic carboxylic acids is 1. The summed E-state index contributed by atoms with van der Waals surface area (Å²) in [6.07, 6.45) is 1.18. The third kappa shape index (κ3) is 6.87. The molecule has 0 saturated heterocycles. The van der Waals surface area contributed by atoms with Crippen molar-refractivity contribution in [3.8, 4) is 0 Å². The molecule has 1 amide bonds. The zero-order valence-electron chi connectivity index (χ0n) is 12.6. The van der Waals surface area contributed by atoms with Crippen LogP contribution in [0.15, 0.2) is 24.3 Å². The van der Waals surface area contributed by atoms with Crippen LogP contribution in [0.4, 0.5) is 4.39 Å². The number of hydrogen-bond acceptors (Lipinski definition) is 3. The number of benzene rings is 1. The van der Waals surface area contributed by atoms with Crippen LogP contribution in [0, 0.1) is 5.82 Å². The average molecular weight is 333 g/mol. The molecule has 0 aliphatic carbocycles. The monoisotopic (exact) mass is 332 g/mol. The maximum absolute atomic E-state index is 12.8. The van der Waals surface area contributed by atoms with Crippen LogP contribution in [-0.4, -0.2) is 29.1 Å². The Bertz CT molecular complexity index is 482. The number of carbonyl (C=O) groups is 2. The van der Waals surface area contributed by atoms with E-state index in [0.717, 1.165) is 5.56 Å². The van der Waals surface area contributed by atoms with Gasteiger partial charge in [-0.1, -0.05) is 25.5 Å². The molecule has 1 rings (SSSR count). The number of amides is 1. The van der Waals surface area contributed by atoms with Gasteiger partial charge in [0.15, 0.2) is 0 Å². The molecule has 5 nitrogen and oxygen atoms in total. The van der Waals surface area contributed by atoms with Gasteiger partial charge in [0, 0.05) is 6.54 Å². The van der Waals surface area contributed by atoms with Crippen LogP contribution in [0.1, 0.15) is 32.3 Å². The molecule has 0 aliphatic rings. The summed E-state index contributed by atoms with van der Waals surface area (Å²) in [7, 11) is 0. The Morgan fingerprint density at radius 1 is 1.27 bits per heavy atom. The van der Waals surface area contributed by atoms with Gasteiger partial charge in [-0.05, 0) is 31.0 Å². The van der Waals surface area contributed by atoms with Crippen LogP contribution in [-0.2, 0) is 16.1 Å². The summed E-state index contributed by atoms with van der Waals surface area (Å²) in [4.78, 5) is 22.9. The first-order valence-electron chi connectivity index (χ1n) is 6.95. The van der Waals surface area contributed by atoms with Gasteiger partial charge in [0.25, 0.3) is 0 Å². The summed E-state index contributed by atoms with van der Waals surface area (Å²) in [6.45, 7) is 3.78. The van der Waals surface area contributed by atoms with Crippen LogP contribution >= 0.6 is 12.4 Å². The van der Waals surface area contributed by atoms with Gasteiger partial charge >= 0.3 is 5.97 Å². The average Bonchev–Trinajstić information content (AvgIpc) is 2.45. The minimum absolute atomic E-state index is 0. The number of halogens is 2. The minimum Gasteiger partial charge on any atom is -0.480 e. The Balaban J connectivity index is 0.00000441. The minimum atomic E-state index is -0.963.